The Kier molecular flexibility index (Phi) is 12.4. The van der Waals surface area contributed by atoms with Gasteiger partial charge in [0, 0.05) is 24.0 Å². The second kappa shape index (κ2) is 20.0. The molecular weight excluding hydrogens is 1090 g/mol. The Balaban J connectivity index is 0.00000556. The fraction of sp³-hybridized carbons (Fsp3) is 0. The zero-order chi connectivity index (χ0) is 48.5. The van der Waals surface area contributed by atoms with Crippen molar-refractivity contribution in [2.45, 2.75) is 0 Å². The van der Waals surface area contributed by atoms with Gasteiger partial charge in [-0.15, -0.1) is 59.2 Å². The number of benzene rings is 6. The van der Waals surface area contributed by atoms with Gasteiger partial charge < -0.3 is 29.3 Å². The maximum absolute atomic E-state index is 6.60. The number of hydrogen-bond acceptors (Lipinski definition) is 8. The molecule has 0 spiro atoms. The van der Waals surface area contributed by atoms with E-state index in [1.165, 1.54) is 0 Å². The predicted molar refractivity (Wildman–Crippen MR) is 289 cm³/mol. The number of aromatic nitrogens is 7. The van der Waals surface area contributed by atoms with E-state index >= 15 is 0 Å². The number of nitrogens with zero attached hydrogens (tertiary/aromatic N) is 7. The van der Waals surface area contributed by atoms with E-state index in [1.54, 1.807) is 24.9 Å². The Morgan fingerprint density at radius 1 is 0.338 bits per heavy atom. The van der Waals surface area contributed by atoms with Crippen molar-refractivity contribution in [3.8, 4) is 112 Å². The van der Waals surface area contributed by atoms with E-state index < -0.39 is 0 Å². The number of furan rings is 1. The van der Waals surface area contributed by atoms with Gasteiger partial charge in [-0.25, -0.2) is 9.97 Å². The van der Waals surface area contributed by atoms with E-state index in [4.69, 9.17) is 29.3 Å². The first-order valence-electron chi connectivity index (χ1n) is 23.8. The summed E-state index contributed by atoms with van der Waals surface area (Å²) in [7, 11) is 0. The Labute approximate surface area is 440 Å². The van der Waals surface area contributed by atoms with Gasteiger partial charge in [-0.05, 0) is 122 Å². The minimum Gasteiger partial charge on any atom is -0.452 e. The summed E-state index contributed by atoms with van der Waals surface area (Å²) >= 11 is 0. The molecule has 9 heteroatoms. The summed E-state index contributed by atoms with van der Waals surface area (Å²) in [6, 6.07) is 76.3. The molecule has 8 nitrogen and oxygen atoms in total. The number of para-hydroxylation sites is 1. The number of hydrogen-bond donors (Lipinski definition) is 0. The zero-order valence-electron chi connectivity index (χ0n) is 39.3. The van der Waals surface area contributed by atoms with Gasteiger partial charge in [0.15, 0.2) is 5.58 Å². The molecule has 7 heterocycles. The van der Waals surface area contributed by atoms with Gasteiger partial charge in [0.05, 0.1) is 5.69 Å². The van der Waals surface area contributed by atoms with E-state index in [-0.39, 0.29) is 20.1 Å². The van der Waals surface area contributed by atoms with Gasteiger partial charge in [0.1, 0.15) is 17.4 Å². The van der Waals surface area contributed by atoms with Crippen molar-refractivity contribution in [1.29, 1.82) is 0 Å². The SMILES string of the molecule is [Ir+3].[c-]1cc(-c2ccccc2-c2cc(-c3ccccc3-c3c[c-]c(-c4ccccn4)cn3)cc(-c3ccccc3-c3c[c-]c(-c4ccccn4)cc3-c3ncnc4c3oc3ccccc34)c2)ncc1-c1ccccn1. The summed E-state index contributed by atoms with van der Waals surface area (Å²) in [6.45, 7) is 0. The second-order valence-electron chi connectivity index (χ2n) is 17.4. The number of rotatable bonds is 10. The van der Waals surface area contributed by atoms with E-state index in [0.29, 0.717) is 11.3 Å². The Hall–Kier alpha value is -9.40. The molecule has 0 saturated heterocycles. The molecule has 74 heavy (non-hydrogen) atoms. The molecule has 13 rings (SSSR count). The van der Waals surface area contributed by atoms with Gasteiger partial charge in [0.2, 0.25) is 0 Å². The van der Waals surface area contributed by atoms with E-state index in [9.17, 15) is 0 Å². The Morgan fingerprint density at radius 3 is 1.31 bits per heavy atom. The minimum absolute atomic E-state index is 0. The van der Waals surface area contributed by atoms with Crippen LogP contribution in [0.25, 0.3) is 134 Å². The predicted octanol–water partition coefficient (Wildman–Crippen LogP) is 15.4. The van der Waals surface area contributed by atoms with Crippen LogP contribution in [0.1, 0.15) is 0 Å². The van der Waals surface area contributed by atoms with Crippen molar-refractivity contribution in [3.05, 3.63) is 250 Å². The van der Waals surface area contributed by atoms with Crippen LogP contribution in [0, 0.1) is 18.2 Å². The van der Waals surface area contributed by atoms with E-state index in [0.717, 1.165) is 123 Å². The average molecular weight is 1130 g/mol. The molecule has 13 aromatic rings. The summed E-state index contributed by atoms with van der Waals surface area (Å²) in [5.74, 6) is 0. The number of pyridine rings is 5. The Morgan fingerprint density at radius 2 is 0.797 bits per heavy atom. The molecule has 0 bridgehead atoms. The first kappa shape index (κ1) is 45.7. The molecule has 0 aliphatic rings. The van der Waals surface area contributed by atoms with Crippen LogP contribution in [-0.4, -0.2) is 34.9 Å². The molecule has 0 aliphatic heterocycles. The van der Waals surface area contributed by atoms with Crippen molar-refractivity contribution in [1.82, 2.24) is 34.9 Å². The quantitative estimate of drug-likeness (QED) is 0.125. The summed E-state index contributed by atoms with van der Waals surface area (Å²) in [4.78, 5) is 33.5. The molecule has 0 N–H and O–H groups in total. The van der Waals surface area contributed by atoms with E-state index in [2.05, 4.69) is 131 Å². The summed E-state index contributed by atoms with van der Waals surface area (Å²) in [5.41, 5.74) is 20.0. The maximum atomic E-state index is 6.60. The van der Waals surface area contributed by atoms with E-state index in [1.807, 2.05) is 103 Å². The second-order valence-corrected chi connectivity index (χ2v) is 17.4. The monoisotopic (exact) mass is 1130 g/mol. The zero-order valence-corrected chi connectivity index (χ0v) is 41.7. The minimum atomic E-state index is 0. The maximum Gasteiger partial charge on any atom is 3.00 e. The summed E-state index contributed by atoms with van der Waals surface area (Å²) in [6.07, 6.45) is 10.7. The van der Waals surface area contributed by atoms with Crippen LogP contribution in [0.4, 0.5) is 0 Å². The van der Waals surface area contributed by atoms with Crippen LogP contribution in [0.5, 0.6) is 0 Å². The summed E-state index contributed by atoms with van der Waals surface area (Å²) < 4.78 is 6.60. The van der Waals surface area contributed by atoms with Crippen LogP contribution in [0.3, 0.4) is 0 Å². The van der Waals surface area contributed by atoms with Gasteiger partial charge in [0.25, 0.3) is 0 Å². The normalized spacial score (nSPS) is 11.1. The van der Waals surface area contributed by atoms with Crippen LogP contribution in [0.2, 0.25) is 0 Å². The molecule has 0 atom stereocenters. The molecular formula is C65H38IrN7O. The third-order valence-corrected chi connectivity index (χ3v) is 13.1. The molecule has 0 aliphatic carbocycles. The largest absolute Gasteiger partial charge is 3.00 e. The third kappa shape index (κ3) is 8.66. The molecule has 7 aromatic heterocycles. The van der Waals surface area contributed by atoms with Crippen LogP contribution in [0.15, 0.2) is 236 Å². The molecule has 0 fully saturated rings. The molecule has 0 radical (unpaired) electrons. The molecule has 6 aromatic carbocycles. The topological polar surface area (TPSA) is 103 Å². The average Bonchev–Trinajstić information content (AvgIpc) is 3.87. The van der Waals surface area contributed by atoms with Crippen LogP contribution in [-0.2, 0) is 20.1 Å². The van der Waals surface area contributed by atoms with Crippen LogP contribution < -0.4 is 0 Å². The number of fused-ring (bicyclic) bond motifs is 3. The first-order chi connectivity index (χ1) is 36.2. The fourth-order valence-corrected chi connectivity index (χ4v) is 9.60. The van der Waals surface area contributed by atoms with Gasteiger partial charge in [-0.1, -0.05) is 150 Å². The van der Waals surface area contributed by atoms with Crippen molar-refractivity contribution < 1.29 is 24.5 Å². The van der Waals surface area contributed by atoms with Gasteiger partial charge in [-0.2, -0.15) is 0 Å². The van der Waals surface area contributed by atoms with Crippen molar-refractivity contribution in [2.24, 2.45) is 0 Å². The van der Waals surface area contributed by atoms with Crippen molar-refractivity contribution in [2.75, 3.05) is 0 Å². The molecule has 0 saturated carbocycles. The van der Waals surface area contributed by atoms with Crippen molar-refractivity contribution in [3.63, 3.8) is 0 Å². The summed E-state index contributed by atoms with van der Waals surface area (Å²) in [5, 5.41) is 0.926. The Bertz CT molecular complexity index is 3990. The smallest absolute Gasteiger partial charge is 0.452 e. The van der Waals surface area contributed by atoms with Gasteiger partial charge >= 0.3 is 20.1 Å². The van der Waals surface area contributed by atoms with Crippen LogP contribution >= 0.6 is 0 Å². The molecule has 0 unspecified atom stereocenters. The standard InChI is InChI=1S/C65H38N7O.Ir/c1-4-18-51(52-29-26-42(57-22-9-12-32-66-57)38-56(52)64-65-63(71-41-72-64)55-21-7-8-25-62(55)73-65)48(15-1)45-35-46(49-16-2-5-19-53(49)60-30-27-43(39-69-60)58-23-10-13-33-67-58)37-47(36-45)50-17-3-6-20-54(50)61-31-28-44(40-70-61)59-24-11-14-34-68-59;/h1-25,29-41H;/q-3;+3. The first-order valence-corrected chi connectivity index (χ1v) is 23.8. The molecule has 0 amide bonds. The fourth-order valence-electron chi connectivity index (χ4n) is 9.60. The van der Waals surface area contributed by atoms with Crippen molar-refractivity contribution >= 4 is 22.1 Å². The van der Waals surface area contributed by atoms with Gasteiger partial charge in [-0.3, -0.25) is 0 Å². The molecule has 348 valence electrons. The third-order valence-electron chi connectivity index (χ3n) is 13.1.